The van der Waals surface area contributed by atoms with E-state index in [2.05, 4.69) is 27.4 Å². The van der Waals surface area contributed by atoms with Gasteiger partial charge in [-0.05, 0) is 36.7 Å². The molecule has 8 heteroatoms. The Morgan fingerprint density at radius 2 is 2.26 bits per heavy atom. The summed E-state index contributed by atoms with van der Waals surface area (Å²) in [6.45, 7) is 2.74. The third-order valence-electron chi connectivity index (χ3n) is 3.94. The lowest BCUT2D eigenvalue weighted by Crippen LogP contribution is -2.44. The molecule has 3 aromatic rings. The van der Waals surface area contributed by atoms with Crippen molar-refractivity contribution in [2.75, 3.05) is 26.7 Å². The number of hydrogen-bond donors (Lipinski definition) is 1. The number of halogens is 2. The number of fused-ring (bicyclic) bond motifs is 1. The maximum Gasteiger partial charge on any atom is 0.268 e. The van der Waals surface area contributed by atoms with Crippen LogP contribution in [0.3, 0.4) is 0 Å². The van der Waals surface area contributed by atoms with Crippen molar-refractivity contribution in [3.05, 3.63) is 35.9 Å². The minimum Gasteiger partial charge on any atom is -0.333 e. The van der Waals surface area contributed by atoms with Crippen molar-refractivity contribution in [3.8, 4) is 10.8 Å². The van der Waals surface area contributed by atoms with Gasteiger partial charge in [0.25, 0.3) is 5.89 Å². The summed E-state index contributed by atoms with van der Waals surface area (Å²) in [6.07, 6.45) is 0. The van der Waals surface area contributed by atoms with E-state index in [9.17, 15) is 4.39 Å². The van der Waals surface area contributed by atoms with E-state index in [4.69, 9.17) is 4.52 Å². The van der Waals surface area contributed by atoms with Crippen LogP contribution >= 0.6 is 23.7 Å². The van der Waals surface area contributed by atoms with Gasteiger partial charge in [0.1, 0.15) is 5.82 Å². The summed E-state index contributed by atoms with van der Waals surface area (Å²) in [6, 6.07) is 6.77. The zero-order valence-corrected chi connectivity index (χ0v) is 14.1. The van der Waals surface area contributed by atoms with Gasteiger partial charge in [0.15, 0.2) is 5.82 Å². The second kappa shape index (κ2) is 6.52. The minimum absolute atomic E-state index is 0. The van der Waals surface area contributed by atoms with E-state index in [1.165, 1.54) is 23.5 Å². The van der Waals surface area contributed by atoms with Crippen LogP contribution in [-0.2, 0) is 0 Å². The predicted molar refractivity (Wildman–Crippen MR) is 90.6 cm³/mol. The molecule has 1 aliphatic heterocycles. The molecule has 0 aliphatic carbocycles. The quantitative estimate of drug-likeness (QED) is 0.766. The number of piperazine rings is 1. The summed E-state index contributed by atoms with van der Waals surface area (Å²) in [5.41, 5.74) is 0. The lowest BCUT2D eigenvalue weighted by Gasteiger charge is -2.30. The van der Waals surface area contributed by atoms with Crippen LogP contribution in [0.1, 0.15) is 11.9 Å². The zero-order chi connectivity index (χ0) is 15.1. The van der Waals surface area contributed by atoms with Crippen molar-refractivity contribution in [1.82, 2.24) is 20.4 Å². The highest BCUT2D eigenvalue weighted by Crippen LogP contribution is 2.33. The first-order valence-corrected chi connectivity index (χ1v) is 7.96. The molecular formula is C15H16ClFN4OS. The average molecular weight is 355 g/mol. The number of hydrogen-bond acceptors (Lipinski definition) is 6. The minimum atomic E-state index is -0.238. The predicted octanol–water partition coefficient (Wildman–Crippen LogP) is 3.09. The first kappa shape index (κ1) is 16.3. The maximum absolute atomic E-state index is 13.3. The number of nitrogens with zero attached hydrogens (tertiary/aromatic N) is 3. The average Bonchev–Trinajstić information content (AvgIpc) is 3.13. The lowest BCUT2D eigenvalue weighted by atomic mass is 10.2. The smallest absolute Gasteiger partial charge is 0.268 e. The highest BCUT2D eigenvalue weighted by Gasteiger charge is 2.25. The third kappa shape index (κ3) is 3.10. The Bertz CT molecular complexity index is 821. The molecule has 2 aromatic heterocycles. The Kier molecular flexibility index (Phi) is 4.63. The molecule has 1 atom stereocenters. The zero-order valence-electron chi connectivity index (χ0n) is 12.5. The van der Waals surface area contributed by atoms with E-state index in [0.29, 0.717) is 11.7 Å². The Hall–Kier alpha value is -1.54. The molecule has 1 saturated heterocycles. The van der Waals surface area contributed by atoms with Crippen LogP contribution in [0.5, 0.6) is 0 Å². The van der Waals surface area contributed by atoms with Crippen LogP contribution in [0, 0.1) is 5.82 Å². The molecule has 1 aromatic carbocycles. The van der Waals surface area contributed by atoms with Gasteiger partial charge in [0.2, 0.25) is 0 Å². The van der Waals surface area contributed by atoms with Gasteiger partial charge in [0, 0.05) is 24.3 Å². The molecule has 5 nitrogen and oxygen atoms in total. The van der Waals surface area contributed by atoms with Gasteiger partial charge in [-0.25, -0.2) is 4.39 Å². The fraction of sp³-hybridized carbons (Fsp3) is 0.333. The van der Waals surface area contributed by atoms with E-state index in [1.54, 1.807) is 6.07 Å². The van der Waals surface area contributed by atoms with E-state index in [1.807, 2.05) is 6.07 Å². The fourth-order valence-corrected chi connectivity index (χ4v) is 3.65. The number of likely N-dealkylation sites (N-methyl/N-ethyl adjacent to an activating group) is 1. The molecule has 1 unspecified atom stereocenters. The summed E-state index contributed by atoms with van der Waals surface area (Å²) in [5, 5.41) is 8.31. The molecule has 1 fully saturated rings. The van der Waals surface area contributed by atoms with Crippen LogP contribution in [0.2, 0.25) is 0 Å². The molecule has 4 rings (SSSR count). The van der Waals surface area contributed by atoms with Crippen LogP contribution in [-0.4, -0.2) is 41.7 Å². The van der Waals surface area contributed by atoms with Gasteiger partial charge < -0.3 is 9.84 Å². The topological polar surface area (TPSA) is 54.2 Å². The number of aromatic nitrogens is 2. The standard InChI is InChI=1S/C15H15FN4OS.ClH/c1-20-5-4-17-8-11(20)14-18-15(21-19-14)13-7-9-6-10(16)2-3-12(9)22-13;/h2-3,6-7,11,17H,4-5,8H2,1H3;1H. The summed E-state index contributed by atoms with van der Waals surface area (Å²) in [5.74, 6) is 0.946. The van der Waals surface area contributed by atoms with Gasteiger partial charge in [-0.3, -0.25) is 4.90 Å². The van der Waals surface area contributed by atoms with Gasteiger partial charge in [0.05, 0.1) is 10.9 Å². The summed E-state index contributed by atoms with van der Waals surface area (Å²) >= 11 is 1.53. The lowest BCUT2D eigenvalue weighted by molar-refractivity contribution is 0.190. The van der Waals surface area contributed by atoms with E-state index >= 15 is 0 Å². The fourth-order valence-electron chi connectivity index (χ4n) is 2.68. The van der Waals surface area contributed by atoms with Crippen LogP contribution in [0.25, 0.3) is 20.9 Å². The van der Waals surface area contributed by atoms with Crippen LogP contribution < -0.4 is 5.32 Å². The third-order valence-corrected chi connectivity index (χ3v) is 5.04. The van der Waals surface area contributed by atoms with E-state index in [-0.39, 0.29) is 24.3 Å². The Balaban J connectivity index is 0.00000156. The van der Waals surface area contributed by atoms with Gasteiger partial charge in [-0.15, -0.1) is 23.7 Å². The van der Waals surface area contributed by atoms with Crippen molar-refractivity contribution in [2.45, 2.75) is 6.04 Å². The maximum atomic E-state index is 13.3. The molecular weight excluding hydrogens is 339 g/mol. The Morgan fingerprint density at radius 3 is 3.09 bits per heavy atom. The highest BCUT2D eigenvalue weighted by atomic mass is 35.5. The summed E-state index contributed by atoms with van der Waals surface area (Å²) in [7, 11) is 2.06. The van der Waals surface area contributed by atoms with Crippen molar-refractivity contribution < 1.29 is 8.91 Å². The molecule has 0 amide bonds. The second-order valence-corrected chi connectivity index (χ2v) is 6.53. The van der Waals surface area contributed by atoms with Crippen molar-refractivity contribution >= 4 is 33.8 Å². The molecule has 23 heavy (non-hydrogen) atoms. The Labute approximate surface area is 142 Å². The molecule has 122 valence electrons. The first-order chi connectivity index (χ1) is 10.7. The monoisotopic (exact) mass is 354 g/mol. The first-order valence-electron chi connectivity index (χ1n) is 7.15. The van der Waals surface area contributed by atoms with E-state index < -0.39 is 0 Å². The van der Waals surface area contributed by atoms with E-state index in [0.717, 1.165) is 34.6 Å². The molecule has 3 heterocycles. The molecule has 1 aliphatic rings. The molecule has 1 N–H and O–H groups in total. The molecule has 0 radical (unpaired) electrons. The summed E-state index contributed by atoms with van der Waals surface area (Å²) < 4.78 is 19.7. The second-order valence-electron chi connectivity index (χ2n) is 5.45. The van der Waals surface area contributed by atoms with Gasteiger partial charge in [-0.2, -0.15) is 4.98 Å². The molecule has 0 bridgehead atoms. The Morgan fingerprint density at radius 1 is 1.39 bits per heavy atom. The van der Waals surface area contributed by atoms with Crippen LogP contribution in [0.4, 0.5) is 4.39 Å². The SMILES string of the molecule is CN1CCNCC1c1noc(-c2cc3cc(F)ccc3s2)n1.Cl. The van der Waals surface area contributed by atoms with Crippen molar-refractivity contribution in [1.29, 1.82) is 0 Å². The summed E-state index contributed by atoms with van der Waals surface area (Å²) in [4.78, 5) is 7.61. The number of nitrogens with one attached hydrogen (secondary N) is 1. The van der Waals surface area contributed by atoms with Crippen molar-refractivity contribution in [2.24, 2.45) is 0 Å². The van der Waals surface area contributed by atoms with Crippen LogP contribution in [0.15, 0.2) is 28.8 Å². The highest BCUT2D eigenvalue weighted by molar-refractivity contribution is 7.22. The van der Waals surface area contributed by atoms with Crippen molar-refractivity contribution in [3.63, 3.8) is 0 Å². The number of benzene rings is 1. The largest absolute Gasteiger partial charge is 0.333 e. The normalized spacial score (nSPS) is 19.0. The number of rotatable bonds is 2. The molecule has 0 spiro atoms. The number of thiophene rings is 1. The van der Waals surface area contributed by atoms with Gasteiger partial charge >= 0.3 is 0 Å². The van der Waals surface area contributed by atoms with Gasteiger partial charge in [-0.1, -0.05) is 5.16 Å². The molecule has 0 saturated carbocycles.